The van der Waals surface area contributed by atoms with Gasteiger partial charge in [0, 0.05) is 6.54 Å². The number of nitrogens with zero attached hydrogens (tertiary/aromatic N) is 1. The SMILES string of the molecule is CN(C)C[C@H]1CCC(=Cc2cccc(C(=O)O)c2)C[C@H]1c1cccc(O)c1. The molecule has 2 atom stereocenters. The summed E-state index contributed by atoms with van der Waals surface area (Å²) in [6, 6.07) is 14.7. The van der Waals surface area contributed by atoms with E-state index < -0.39 is 5.97 Å². The lowest BCUT2D eigenvalue weighted by molar-refractivity contribution is 0.0697. The Kier molecular flexibility index (Phi) is 5.97. The molecule has 0 radical (unpaired) electrons. The number of aromatic hydroxyl groups is 1. The van der Waals surface area contributed by atoms with E-state index in [4.69, 9.17) is 0 Å². The largest absolute Gasteiger partial charge is 0.508 e. The summed E-state index contributed by atoms with van der Waals surface area (Å²) < 4.78 is 0. The standard InChI is InChI=1S/C23H27NO3/c1-24(2)15-20-10-9-17(11-16-5-3-7-19(12-16)23(26)27)13-22(20)18-6-4-8-21(25)14-18/h3-8,11-12,14,20,22,25H,9-10,13,15H2,1-2H3,(H,26,27)/t20-,22+/m1/s1. The fourth-order valence-corrected chi connectivity index (χ4v) is 4.08. The monoisotopic (exact) mass is 365 g/mol. The molecule has 0 amide bonds. The van der Waals surface area contributed by atoms with Crippen LogP contribution in [0.25, 0.3) is 6.08 Å². The third-order valence-corrected chi connectivity index (χ3v) is 5.29. The molecule has 4 heteroatoms. The van der Waals surface area contributed by atoms with Gasteiger partial charge in [-0.15, -0.1) is 0 Å². The zero-order valence-corrected chi connectivity index (χ0v) is 15.9. The highest BCUT2D eigenvalue weighted by Gasteiger charge is 2.29. The van der Waals surface area contributed by atoms with Crippen LogP contribution in [0, 0.1) is 5.92 Å². The van der Waals surface area contributed by atoms with Crippen molar-refractivity contribution in [1.82, 2.24) is 4.90 Å². The van der Waals surface area contributed by atoms with Crippen LogP contribution in [0.2, 0.25) is 0 Å². The molecule has 27 heavy (non-hydrogen) atoms. The second kappa shape index (κ2) is 8.40. The molecule has 2 aromatic carbocycles. The number of hydrogen-bond donors (Lipinski definition) is 2. The van der Waals surface area contributed by atoms with Gasteiger partial charge in [-0.25, -0.2) is 4.79 Å². The van der Waals surface area contributed by atoms with Crippen molar-refractivity contribution in [2.45, 2.75) is 25.2 Å². The normalized spacial score (nSPS) is 21.5. The highest BCUT2D eigenvalue weighted by Crippen LogP contribution is 2.42. The van der Waals surface area contributed by atoms with Gasteiger partial charge in [0.25, 0.3) is 0 Å². The van der Waals surface area contributed by atoms with E-state index in [0.717, 1.165) is 31.4 Å². The number of allylic oxidation sites excluding steroid dienone is 1. The minimum Gasteiger partial charge on any atom is -0.508 e. The lowest BCUT2D eigenvalue weighted by Gasteiger charge is -2.35. The summed E-state index contributed by atoms with van der Waals surface area (Å²) in [4.78, 5) is 13.4. The Morgan fingerprint density at radius 2 is 1.96 bits per heavy atom. The van der Waals surface area contributed by atoms with Crippen molar-refractivity contribution < 1.29 is 15.0 Å². The first-order valence-corrected chi connectivity index (χ1v) is 9.39. The molecular weight excluding hydrogens is 338 g/mol. The van der Waals surface area contributed by atoms with Crippen LogP contribution in [0.3, 0.4) is 0 Å². The van der Waals surface area contributed by atoms with Crippen molar-refractivity contribution >= 4 is 12.0 Å². The van der Waals surface area contributed by atoms with Gasteiger partial charge in [-0.1, -0.05) is 35.9 Å². The maximum absolute atomic E-state index is 11.2. The van der Waals surface area contributed by atoms with Gasteiger partial charge in [-0.3, -0.25) is 0 Å². The van der Waals surface area contributed by atoms with Crippen LogP contribution in [0.15, 0.2) is 54.1 Å². The molecule has 1 aliphatic carbocycles. The lowest BCUT2D eigenvalue weighted by Crippen LogP contribution is -2.29. The number of phenols is 1. The first kappa shape index (κ1) is 19.2. The molecule has 0 unspecified atom stereocenters. The van der Waals surface area contributed by atoms with Gasteiger partial charge >= 0.3 is 5.97 Å². The van der Waals surface area contributed by atoms with Crippen LogP contribution in [0.5, 0.6) is 5.75 Å². The Bertz CT molecular complexity index is 841. The van der Waals surface area contributed by atoms with E-state index in [1.165, 1.54) is 11.1 Å². The Hall–Kier alpha value is -2.59. The lowest BCUT2D eigenvalue weighted by atomic mass is 9.73. The van der Waals surface area contributed by atoms with E-state index in [2.05, 4.69) is 31.1 Å². The topological polar surface area (TPSA) is 60.8 Å². The molecule has 1 fully saturated rings. The van der Waals surface area contributed by atoms with Crippen LogP contribution >= 0.6 is 0 Å². The van der Waals surface area contributed by atoms with Crippen molar-refractivity contribution in [1.29, 1.82) is 0 Å². The van der Waals surface area contributed by atoms with E-state index in [0.29, 0.717) is 23.1 Å². The molecule has 2 N–H and O–H groups in total. The van der Waals surface area contributed by atoms with E-state index in [-0.39, 0.29) is 0 Å². The number of benzene rings is 2. The minimum atomic E-state index is -0.900. The van der Waals surface area contributed by atoms with E-state index >= 15 is 0 Å². The molecule has 2 aromatic rings. The average Bonchev–Trinajstić information content (AvgIpc) is 2.63. The number of carboxylic acid groups (broad SMARTS) is 1. The van der Waals surface area contributed by atoms with Gasteiger partial charge in [-0.2, -0.15) is 0 Å². The first-order chi connectivity index (χ1) is 12.9. The molecule has 0 spiro atoms. The fraction of sp³-hybridized carbons (Fsp3) is 0.348. The van der Waals surface area contributed by atoms with Crippen LogP contribution < -0.4 is 0 Å². The molecule has 3 rings (SSSR count). The number of carboxylic acids is 1. The van der Waals surface area contributed by atoms with Crippen LogP contribution in [-0.4, -0.2) is 41.7 Å². The van der Waals surface area contributed by atoms with Crippen LogP contribution in [-0.2, 0) is 0 Å². The molecule has 0 aromatic heterocycles. The van der Waals surface area contributed by atoms with E-state index in [9.17, 15) is 15.0 Å². The third-order valence-electron chi connectivity index (χ3n) is 5.29. The second-order valence-corrected chi connectivity index (χ2v) is 7.70. The second-order valence-electron chi connectivity index (χ2n) is 7.70. The zero-order chi connectivity index (χ0) is 19.4. The van der Waals surface area contributed by atoms with Crippen molar-refractivity contribution in [3.8, 4) is 5.75 Å². The molecule has 0 bridgehead atoms. The quantitative estimate of drug-likeness (QED) is 0.812. The Morgan fingerprint density at radius 3 is 2.67 bits per heavy atom. The molecular formula is C23H27NO3. The van der Waals surface area contributed by atoms with E-state index in [1.807, 2.05) is 18.2 Å². The summed E-state index contributed by atoms with van der Waals surface area (Å²) in [5.41, 5.74) is 3.76. The summed E-state index contributed by atoms with van der Waals surface area (Å²) >= 11 is 0. The van der Waals surface area contributed by atoms with Crippen LogP contribution in [0.1, 0.15) is 46.7 Å². The molecule has 1 saturated carbocycles. The molecule has 0 saturated heterocycles. The third kappa shape index (κ3) is 4.98. The summed E-state index contributed by atoms with van der Waals surface area (Å²) in [6.45, 7) is 1.02. The highest BCUT2D eigenvalue weighted by atomic mass is 16.4. The number of carbonyl (C=O) groups is 1. The Morgan fingerprint density at radius 1 is 1.19 bits per heavy atom. The minimum absolute atomic E-state index is 0.307. The van der Waals surface area contributed by atoms with Gasteiger partial charge in [0.05, 0.1) is 5.56 Å². The number of phenolic OH excluding ortho intramolecular Hbond substituents is 1. The summed E-state index contributed by atoms with van der Waals surface area (Å²) in [5.74, 6) is 0.287. The van der Waals surface area contributed by atoms with Gasteiger partial charge in [0.15, 0.2) is 0 Å². The maximum atomic E-state index is 11.2. The zero-order valence-electron chi connectivity index (χ0n) is 15.9. The van der Waals surface area contributed by atoms with Gasteiger partial charge in [0.2, 0.25) is 0 Å². The maximum Gasteiger partial charge on any atom is 0.335 e. The van der Waals surface area contributed by atoms with Crippen molar-refractivity contribution in [3.63, 3.8) is 0 Å². The van der Waals surface area contributed by atoms with E-state index in [1.54, 1.807) is 24.3 Å². The summed E-state index contributed by atoms with van der Waals surface area (Å²) in [7, 11) is 4.20. The summed E-state index contributed by atoms with van der Waals surface area (Å²) in [6.07, 6.45) is 5.17. The Balaban J connectivity index is 1.87. The molecule has 142 valence electrons. The highest BCUT2D eigenvalue weighted by molar-refractivity contribution is 5.88. The predicted octanol–water partition coefficient (Wildman–Crippen LogP) is 4.62. The fourth-order valence-electron chi connectivity index (χ4n) is 4.08. The number of hydrogen-bond acceptors (Lipinski definition) is 3. The number of aromatic carboxylic acids is 1. The van der Waals surface area contributed by atoms with Gasteiger partial charge < -0.3 is 15.1 Å². The molecule has 0 aliphatic heterocycles. The van der Waals surface area contributed by atoms with Crippen molar-refractivity contribution in [2.24, 2.45) is 5.92 Å². The molecule has 1 aliphatic rings. The van der Waals surface area contributed by atoms with Gasteiger partial charge in [0.1, 0.15) is 5.75 Å². The predicted molar refractivity (Wildman–Crippen MR) is 108 cm³/mol. The van der Waals surface area contributed by atoms with Crippen molar-refractivity contribution in [3.05, 3.63) is 70.8 Å². The first-order valence-electron chi connectivity index (χ1n) is 9.39. The van der Waals surface area contributed by atoms with Crippen LogP contribution in [0.4, 0.5) is 0 Å². The Labute approximate surface area is 160 Å². The molecule has 0 heterocycles. The smallest absolute Gasteiger partial charge is 0.335 e. The average molecular weight is 365 g/mol. The number of rotatable bonds is 5. The molecule has 4 nitrogen and oxygen atoms in total. The van der Waals surface area contributed by atoms with Gasteiger partial charge in [-0.05, 0) is 80.6 Å². The summed E-state index contributed by atoms with van der Waals surface area (Å²) in [5, 5.41) is 19.1. The van der Waals surface area contributed by atoms with Crippen molar-refractivity contribution in [2.75, 3.05) is 20.6 Å².